The Balaban J connectivity index is 0.00000312. The smallest absolute Gasteiger partial charge is 0.224 e. The van der Waals surface area contributed by atoms with Crippen LogP contribution in [0.4, 0.5) is 4.39 Å². The first-order valence-corrected chi connectivity index (χ1v) is 8.73. The molecule has 2 rings (SSSR count). The van der Waals surface area contributed by atoms with E-state index in [4.69, 9.17) is 0 Å². The number of nitrogens with zero attached hydrogens (tertiary/aromatic N) is 2. The fourth-order valence-electron chi connectivity index (χ4n) is 2.75. The van der Waals surface area contributed by atoms with Crippen molar-refractivity contribution in [2.75, 3.05) is 32.7 Å². The molecule has 25 heavy (non-hydrogen) atoms. The maximum Gasteiger partial charge on any atom is 0.224 e. The van der Waals surface area contributed by atoms with Crippen molar-refractivity contribution in [2.45, 2.75) is 32.6 Å². The van der Waals surface area contributed by atoms with Crippen LogP contribution in [0.1, 0.15) is 31.7 Å². The molecular formula is C18H28FIN4O. The zero-order valence-electron chi connectivity index (χ0n) is 14.8. The Morgan fingerprint density at radius 3 is 2.72 bits per heavy atom. The van der Waals surface area contributed by atoms with Crippen molar-refractivity contribution in [1.82, 2.24) is 15.5 Å². The lowest BCUT2D eigenvalue weighted by atomic mass is 10.1. The molecule has 0 atom stereocenters. The van der Waals surface area contributed by atoms with E-state index in [0.717, 1.165) is 44.5 Å². The minimum atomic E-state index is -0.214. The molecule has 1 saturated heterocycles. The minimum absolute atomic E-state index is 0. The minimum Gasteiger partial charge on any atom is -0.357 e. The Kier molecular flexibility index (Phi) is 10.4. The van der Waals surface area contributed by atoms with Gasteiger partial charge in [-0.1, -0.05) is 12.1 Å². The number of amides is 1. The lowest BCUT2D eigenvalue weighted by Crippen LogP contribution is -2.38. The molecule has 0 bridgehead atoms. The zero-order chi connectivity index (χ0) is 17.2. The van der Waals surface area contributed by atoms with Crippen molar-refractivity contribution in [3.8, 4) is 0 Å². The van der Waals surface area contributed by atoms with Crippen molar-refractivity contribution in [3.63, 3.8) is 0 Å². The van der Waals surface area contributed by atoms with Crippen molar-refractivity contribution < 1.29 is 9.18 Å². The summed E-state index contributed by atoms with van der Waals surface area (Å²) in [7, 11) is 0. The Morgan fingerprint density at radius 2 is 2.04 bits per heavy atom. The Hall–Kier alpha value is -1.38. The summed E-state index contributed by atoms with van der Waals surface area (Å²) in [5.41, 5.74) is 0.947. The molecule has 7 heteroatoms. The topological polar surface area (TPSA) is 56.7 Å². The summed E-state index contributed by atoms with van der Waals surface area (Å²) >= 11 is 0. The average Bonchev–Trinajstić information content (AvgIpc) is 3.09. The number of nitrogens with one attached hydrogen (secondary N) is 2. The molecule has 1 aliphatic heterocycles. The molecule has 0 aliphatic carbocycles. The monoisotopic (exact) mass is 462 g/mol. The Labute approximate surface area is 166 Å². The summed E-state index contributed by atoms with van der Waals surface area (Å²) in [6.45, 7) is 5.66. The Bertz CT molecular complexity index is 562. The molecule has 1 aromatic rings. The third-order valence-corrected chi connectivity index (χ3v) is 3.99. The van der Waals surface area contributed by atoms with Crippen LogP contribution in [0.3, 0.4) is 0 Å². The largest absolute Gasteiger partial charge is 0.357 e. The molecule has 2 N–H and O–H groups in total. The molecular weight excluding hydrogens is 434 g/mol. The van der Waals surface area contributed by atoms with Gasteiger partial charge in [-0.05, 0) is 43.9 Å². The van der Waals surface area contributed by atoms with Gasteiger partial charge in [0.1, 0.15) is 5.82 Å². The van der Waals surface area contributed by atoms with E-state index in [-0.39, 0.29) is 35.7 Å². The quantitative estimate of drug-likeness (QED) is 0.372. The maximum absolute atomic E-state index is 13.2. The molecule has 1 aromatic carbocycles. The van der Waals surface area contributed by atoms with Crippen LogP contribution in [0.5, 0.6) is 0 Å². The molecule has 1 heterocycles. The zero-order valence-corrected chi connectivity index (χ0v) is 17.1. The Morgan fingerprint density at radius 1 is 1.28 bits per heavy atom. The van der Waals surface area contributed by atoms with E-state index < -0.39 is 0 Å². The van der Waals surface area contributed by atoms with Gasteiger partial charge in [-0.3, -0.25) is 9.79 Å². The number of benzene rings is 1. The van der Waals surface area contributed by atoms with Crippen LogP contribution in [0.25, 0.3) is 0 Å². The number of halogens is 2. The van der Waals surface area contributed by atoms with Crippen molar-refractivity contribution in [3.05, 3.63) is 35.6 Å². The highest BCUT2D eigenvalue weighted by atomic mass is 127. The SMILES string of the molecule is CCNC(=NCCC(=O)N1CCCC1)NCCc1cccc(F)c1.I. The van der Waals surface area contributed by atoms with Crippen LogP contribution in [0.15, 0.2) is 29.3 Å². The number of guanidine groups is 1. The summed E-state index contributed by atoms with van der Waals surface area (Å²) in [6.07, 6.45) is 3.38. The van der Waals surface area contributed by atoms with Crippen LogP contribution in [-0.4, -0.2) is 49.5 Å². The van der Waals surface area contributed by atoms with Crippen LogP contribution in [0.2, 0.25) is 0 Å². The first-order valence-electron chi connectivity index (χ1n) is 8.73. The van der Waals surface area contributed by atoms with E-state index in [2.05, 4.69) is 15.6 Å². The van der Waals surface area contributed by atoms with E-state index in [1.165, 1.54) is 6.07 Å². The predicted octanol–water partition coefficient (Wildman–Crippen LogP) is 2.55. The lowest BCUT2D eigenvalue weighted by molar-refractivity contribution is -0.129. The molecule has 0 radical (unpaired) electrons. The van der Waals surface area contributed by atoms with Gasteiger partial charge in [0.05, 0.1) is 6.54 Å². The number of rotatable bonds is 7. The highest BCUT2D eigenvalue weighted by Crippen LogP contribution is 2.08. The van der Waals surface area contributed by atoms with E-state index in [1.807, 2.05) is 17.9 Å². The molecule has 0 saturated carbocycles. The highest BCUT2D eigenvalue weighted by molar-refractivity contribution is 14.0. The normalized spacial score (nSPS) is 14.2. The molecule has 5 nitrogen and oxygen atoms in total. The maximum atomic E-state index is 13.2. The third kappa shape index (κ3) is 8.02. The molecule has 0 aromatic heterocycles. The van der Waals surface area contributed by atoms with E-state index in [9.17, 15) is 9.18 Å². The highest BCUT2D eigenvalue weighted by Gasteiger charge is 2.16. The predicted molar refractivity (Wildman–Crippen MR) is 110 cm³/mol. The summed E-state index contributed by atoms with van der Waals surface area (Å²) in [5.74, 6) is 0.670. The van der Waals surface area contributed by atoms with Gasteiger partial charge in [-0.25, -0.2) is 4.39 Å². The molecule has 0 spiro atoms. The molecule has 140 valence electrons. The van der Waals surface area contributed by atoms with Gasteiger partial charge in [0, 0.05) is 32.6 Å². The van der Waals surface area contributed by atoms with Gasteiger partial charge in [0.15, 0.2) is 5.96 Å². The van der Waals surface area contributed by atoms with Crippen molar-refractivity contribution in [2.24, 2.45) is 4.99 Å². The first-order chi connectivity index (χ1) is 11.7. The van der Waals surface area contributed by atoms with Gasteiger partial charge < -0.3 is 15.5 Å². The molecule has 1 aliphatic rings. The van der Waals surface area contributed by atoms with Gasteiger partial charge in [-0.15, -0.1) is 24.0 Å². The number of aliphatic imine (C=N–C) groups is 1. The second-order valence-corrected chi connectivity index (χ2v) is 5.91. The molecule has 1 amide bonds. The second-order valence-electron chi connectivity index (χ2n) is 5.91. The van der Waals surface area contributed by atoms with E-state index in [0.29, 0.717) is 25.5 Å². The van der Waals surface area contributed by atoms with Crippen LogP contribution >= 0.6 is 24.0 Å². The number of hydrogen-bond acceptors (Lipinski definition) is 2. The van der Waals surface area contributed by atoms with Crippen LogP contribution in [-0.2, 0) is 11.2 Å². The summed E-state index contributed by atoms with van der Waals surface area (Å²) in [5, 5.41) is 6.39. The molecule has 1 fully saturated rings. The van der Waals surface area contributed by atoms with Gasteiger partial charge in [-0.2, -0.15) is 0 Å². The number of carbonyl (C=O) groups excluding carboxylic acids is 1. The van der Waals surface area contributed by atoms with Gasteiger partial charge in [0.25, 0.3) is 0 Å². The fraction of sp³-hybridized carbons (Fsp3) is 0.556. The number of carbonyl (C=O) groups is 1. The third-order valence-electron chi connectivity index (χ3n) is 3.99. The standard InChI is InChI=1S/C18H27FN4O.HI/c1-2-20-18(21-10-8-15-6-5-7-16(19)14-15)22-11-9-17(24)23-12-3-4-13-23;/h5-7,14H,2-4,8-13H2,1H3,(H2,20,21,22);1H. The fourth-order valence-corrected chi connectivity index (χ4v) is 2.75. The van der Waals surface area contributed by atoms with Gasteiger partial charge in [0.2, 0.25) is 5.91 Å². The van der Waals surface area contributed by atoms with Gasteiger partial charge >= 0.3 is 0 Å². The first kappa shape index (κ1) is 21.7. The number of hydrogen-bond donors (Lipinski definition) is 2. The van der Waals surface area contributed by atoms with Crippen LogP contribution < -0.4 is 10.6 Å². The van der Waals surface area contributed by atoms with Crippen molar-refractivity contribution in [1.29, 1.82) is 0 Å². The molecule has 0 unspecified atom stereocenters. The van der Waals surface area contributed by atoms with E-state index in [1.54, 1.807) is 12.1 Å². The number of likely N-dealkylation sites (tertiary alicyclic amines) is 1. The summed E-state index contributed by atoms with van der Waals surface area (Å²) < 4.78 is 13.2. The van der Waals surface area contributed by atoms with E-state index >= 15 is 0 Å². The van der Waals surface area contributed by atoms with Crippen molar-refractivity contribution >= 4 is 35.8 Å². The second kappa shape index (κ2) is 12.1. The summed E-state index contributed by atoms with van der Waals surface area (Å²) in [4.78, 5) is 18.4. The lowest BCUT2D eigenvalue weighted by Gasteiger charge is -2.15. The van der Waals surface area contributed by atoms with Crippen LogP contribution in [0, 0.1) is 5.82 Å². The summed E-state index contributed by atoms with van der Waals surface area (Å²) in [6, 6.07) is 6.61. The average molecular weight is 462 g/mol.